The SMILES string of the molecule is Cc1ccccc1CNc1nccc(C(=O)NCc2cccnc2)n1. The van der Waals surface area contributed by atoms with Crippen molar-refractivity contribution in [3.8, 4) is 0 Å². The Labute approximate surface area is 146 Å². The second-order valence-electron chi connectivity index (χ2n) is 5.59. The summed E-state index contributed by atoms with van der Waals surface area (Å²) in [5.41, 5.74) is 3.62. The number of amides is 1. The van der Waals surface area contributed by atoms with Crippen LogP contribution in [-0.2, 0) is 13.1 Å². The summed E-state index contributed by atoms with van der Waals surface area (Å²) in [6.45, 7) is 3.07. The van der Waals surface area contributed by atoms with Crippen LogP contribution in [0, 0.1) is 6.92 Å². The van der Waals surface area contributed by atoms with E-state index >= 15 is 0 Å². The molecule has 0 aliphatic rings. The van der Waals surface area contributed by atoms with Crippen LogP contribution in [0.5, 0.6) is 0 Å². The second kappa shape index (κ2) is 8.01. The Morgan fingerprint density at radius 3 is 2.72 bits per heavy atom. The summed E-state index contributed by atoms with van der Waals surface area (Å²) < 4.78 is 0. The second-order valence-corrected chi connectivity index (χ2v) is 5.59. The highest BCUT2D eigenvalue weighted by molar-refractivity contribution is 5.92. The highest BCUT2D eigenvalue weighted by atomic mass is 16.1. The molecule has 25 heavy (non-hydrogen) atoms. The molecule has 0 fully saturated rings. The Balaban J connectivity index is 1.61. The monoisotopic (exact) mass is 333 g/mol. The van der Waals surface area contributed by atoms with Gasteiger partial charge in [-0.2, -0.15) is 0 Å². The van der Waals surface area contributed by atoms with Gasteiger partial charge in [0, 0.05) is 31.7 Å². The van der Waals surface area contributed by atoms with Crippen molar-refractivity contribution in [2.24, 2.45) is 0 Å². The first-order valence-electron chi connectivity index (χ1n) is 8.01. The summed E-state index contributed by atoms with van der Waals surface area (Å²) >= 11 is 0. The normalized spacial score (nSPS) is 10.3. The molecule has 0 saturated heterocycles. The molecule has 0 radical (unpaired) electrons. The van der Waals surface area contributed by atoms with Crippen molar-refractivity contribution in [1.82, 2.24) is 20.3 Å². The molecule has 3 rings (SSSR count). The minimum Gasteiger partial charge on any atom is -0.350 e. The van der Waals surface area contributed by atoms with E-state index in [4.69, 9.17) is 0 Å². The van der Waals surface area contributed by atoms with Crippen LogP contribution in [-0.4, -0.2) is 20.9 Å². The predicted octanol–water partition coefficient (Wildman–Crippen LogP) is 2.72. The zero-order valence-corrected chi connectivity index (χ0v) is 13.9. The van der Waals surface area contributed by atoms with Crippen LogP contribution in [0.1, 0.15) is 27.2 Å². The molecule has 6 nitrogen and oxygen atoms in total. The summed E-state index contributed by atoms with van der Waals surface area (Å²) in [4.78, 5) is 24.7. The standard InChI is InChI=1S/C19H19N5O/c1-14-5-2-3-7-16(14)13-23-19-21-10-8-17(24-19)18(25)22-12-15-6-4-9-20-11-15/h2-11H,12-13H2,1H3,(H,22,25)(H,21,23,24). The quantitative estimate of drug-likeness (QED) is 0.725. The average Bonchev–Trinajstić information content (AvgIpc) is 2.66. The molecule has 0 aliphatic heterocycles. The molecule has 0 bridgehead atoms. The Kier molecular flexibility index (Phi) is 5.31. The van der Waals surface area contributed by atoms with Crippen molar-refractivity contribution in [3.63, 3.8) is 0 Å². The molecular formula is C19H19N5O. The van der Waals surface area contributed by atoms with Crippen LogP contribution in [0.25, 0.3) is 0 Å². The van der Waals surface area contributed by atoms with E-state index in [0.717, 1.165) is 11.1 Å². The average molecular weight is 333 g/mol. The molecule has 0 aliphatic carbocycles. The predicted molar refractivity (Wildman–Crippen MR) is 95.9 cm³/mol. The lowest BCUT2D eigenvalue weighted by atomic mass is 10.1. The van der Waals surface area contributed by atoms with Gasteiger partial charge < -0.3 is 10.6 Å². The van der Waals surface area contributed by atoms with Crippen LogP contribution in [0.15, 0.2) is 61.1 Å². The van der Waals surface area contributed by atoms with Crippen molar-refractivity contribution in [2.75, 3.05) is 5.32 Å². The number of aryl methyl sites for hydroxylation is 1. The van der Waals surface area contributed by atoms with Gasteiger partial charge in [-0.1, -0.05) is 30.3 Å². The van der Waals surface area contributed by atoms with Crippen LogP contribution in [0.3, 0.4) is 0 Å². The number of nitrogens with zero attached hydrogens (tertiary/aromatic N) is 3. The molecule has 126 valence electrons. The first kappa shape index (κ1) is 16.6. The van der Waals surface area contributed by atoms with E-state index in [1.807, 2.05) is 30.3 Å². The van der Waals surface area contributed by atoms with E-state index in [-0.39, 0.29) is 5.91 Å². The van der Waals surface area contributed by atoms with Gasteiger partial charge in [0.2, 0.25) is 5.95 Å². The van der Waals surface area contributed by atoms with Gasteiger partial charge in [0.05, 0.1) is 0 Å². The smallest absolute Gasteiger partial charge is 0.270 e. The fraction of sp³-hybridized carbons (Fsp3) is 0.158. The van der Waals surface area contributed by atoms with Crippen LogP contribution in [0.2, 0.25) is 0 Å². The van der Waals surface area contributed by atoms with E-state index in [9.17, 15) is 4.79 Å². The molecule has 0 spiro atoms. The highest BCUT2D eigenvalue weighted by Crippen LogP contribution is 2.09. The molecule has 6 heteroatoms. The van der Waals surface area contributed by atoms with Crippen LogP contribution in [0.4, 0.5) is 5.95 Å². The van der Waals surface area contributed by atoms with Gasteiger partial charge in [-0.3, -0.25) is 9.78 Å². The number of hydrogen-bond donors (Lipinski definition) is 2. The lowest BCUT2D eigenvalue weighted by Crippen LogP contribution is -2.24. The van der Waals surface area contributed by atoms with E-state index in [1.165, 1.54) is 5.56 Å². The summed E-state index contributed by atoms with van der Waals surface area (Å²) in [7, 11) is 0. The lowest BCUT2D eigenvalue weighted by molar-refractivity contribution is 0.0946. The fourth-order valence-corrected chi connectivity index (χ4v) is 2.33. The molecular weight excluding hydrogens is 314 g/mol. The third-order valence-electron chi connectivity index (χ3n) is 3.76. The number of benzene rings is 1. The maximum Gasteiger partial charge on any atom is 0.270 e. The number of pyridine rings is 1. The first-order chi connectivity index (χ1) is 12.2. The summed E-state index contributed by atoms with van der Waals surface area (Å²) in [6, 6.07) is 13.4. The van der Waals surface area contributed by atoms with Crippen molar-refractivity contribution in [1.29, 1.82) is 0 Å². The van der Waals surface area contributed by atoms with Crippen LogP contribution < -0.4 is 10.6 Å². The molecule has 0 unspecified atom stereocenters. The number of carbonyl (C=O) groups excluding carboxylic acids is 1. The zero-order chi connectivity index (χ0) is 17.5. The minimum atomic E-state index is -0.245. The third-order valence-corrected chi connectivity index (χ3v) is 3.76. The minimum absolute atomic E-state index is 0.245. The Morgan fingerprint density at radius 1 is 1.04 bits per heavy atom. The number of anilines is 1. The molecule has 2 aromatic heterocycles. The van der Waals surface area contributed by atoms with Gasteiger partial charge >= 0.3 is 0 Å². The van der Waals surface area contributed by atoms with Gasteiger partial charge in [-0.15, -0.1) is 0 Å². The maximum atomic E-state index is 12.2. The van der Waals surface area contributed by atoms with E-state index in [2.05, 4.69) is 38.6 Å². The third kappa shape index (κ3) is 4.60. The van der Waals surface area contributed by atoms with Crippen molar-refractivity contribution in [2.45, 2.75) is 20.0 Å². The van der Waals surface area contributed by atoms with Gasteiger partial charge in [0.25, 0.3) is 5.91 Å². The fourth-order valence-electron chi connectivity index (χ4n) is 2.33. The summed E-state index contributed by atoms with van der Waals surface area (Å²) in [6.07, 6.45) is 4.99. The van der Waals surface area contributed by atoms with Gasteiger partial charge in [0.15, 0.2) is 0 Å². The van der Waals surface area contributed by atoms with E-state index < -0.39 is 0 Å². The first-order valence-corrected chi connectivity index (χ1v) is 8.01. The Bertz CT molecular complexity index is 851. The largest absolute Gasteiger partial charge is 0.350 e. The zero-order valence-electron chi connectivity index (χ0n) is 13.9. The van der Waals surface area contributed by atoms with E-state index in [1.54, 1.807) is 24.7 Å². The summed E-state index contributed by atoms with van der Waals surface area (Å²) in [5.74, 6) is 0.183. The van der Waals surface area contributed by atoms with E-state index in [0.29, 0.717) is 24.7 Å². The molecule has 1 amide bonds. The topological polar surface area (TPSA) is 79.8 Å². The molecule has 1 aromatic carbocycles. The number of hydrogen-bond acceptors (Lipinski definition) is 5. The molecule has 0 atom stereocenters. The maximum absolute atomic E-state index is 12.2. The van der Waals surface area contributed by atoms with Crippen molar-refractivity contribution < 1.29 is 4.79 Å². The summed E-state index contributed by atoms with van der Waals surface area (Å²) in [5, 5.41) is 5.99. The number of nitrogens with one attached hydrogen (secondary N) is 2. The van der Waals surface area contributed by atoms with Gasteiger partial charge in [0.1, 0.15) is 5.69 Å². The van der Waals surface area contributed by atoms with Crippen LogP contribution >= 0.6 is 0 Å². The molecule has 2 N–H and O–H groups in total. The highest BCUT2D eigenvalue weighted by Gasteiger charge is 2.09. The number of carbonyl (C=O) groups is 1. The van der Waals surface area contributed by atoms with Crippen molar-refractivity contribution in [3.05, 3.63) is 83.4 Å². The van der Waals surface area contributed by atoms with Gasteiger partial charge in [-0.25, -0.2) is 9.97 Å². The Hall–Kier alpha value is -3.28. The number of rotatable bonds is 6. The molecule has 3 aromatic rings. The number of aromatic nitrogens is 3. The Morgan fingerprint density at radius 2 is 1.92 bits per heavy atom. The molecule has 2 heterocycles. The molecule has 0 saturated carbocycles. The van der Waals surface area contributed by atoms with Gasteiger partial charge in [-0.05, 0) is 35.7 Å². The van der Waals surface area contributed by atoms with Crippen molar-refractivity contribution >= 4 is 11.9 Å². The lowest BCUT2D eigenvalue weighted by Gasteiger charge is -2.09.